The molecule has 5 nitrogen and oxygen atoms in total. The van der Waals surface area contributed by atoms with E-state index in [1.165, 1.54) is 35.7 Å². The number of amides is 1. The molecule has 0 spiro atoms. The van der Waals surface area contributed by atoms with Gasteiger partial charge in [0.25, 0.3) is 0 Å². The van der Waals surface area contributed by atoms with E-state index in [2.05, 4.69) is 27.4 Å². The van der Waals surface area contributed by atoms with Crippen molar-refractivity contribution in [2.24, 2.45) is 0 Å². The van der Waals surface area contributed by atoms with Crippen LogP contribution in [0.25, 0.3) is 0 Å². The van der Waals surface area contributed by atoms with E-state index in [1.807, 2.05) is 26.0 Å². The highest BCUT2D eigenvalue weighted by Crippen LogP contribution is 2.25. The van der Waals surface area contributed by atoms with E-state index in [4.69, 9.17) is 4.74 Å². The van der Waals surface area contributed by atoms with Crippen molar-refractivity contribution in [3.63, 3.8) is 0 Å². The van der Waals surface area contributed by atoms with Gasteiger partial charge < -0.3 is 10.1 Å². The number of hydrogen-bond acceptors (Lipinski definition) is 5. The van der Waals surface area contributed by atoms with Gasteiger partial charge in [-0.15, -0.1) is 0 Å². The fourth-order valence-electron chi connectivity index (χ4n) is 2.94. The van der Waals surface area contributed by atoms with Crippen molar-refractivity contribution in [3.8, 4) is 5.75 Å². The van der Waals surface area contributed by atoms with Crippen molar-refractivity contribution in [2.45, 2.75) is 38.3 Å². The standard InChI is InChI=1S/C19H23N3O2S/c1-13-10-14(2)22-19(21-13)25-12-18(23)20-8-9-24-17-7-6-15-4-3-5-16(15)11-17/h6-7,10-11H,3-5,8-9,12H2,1-2H3,(H,20,23). The van der Waals surface area contributed by atoms with E-state index in [-0.39, 0.29) is 5.91 Å². The van der Waals surface area contributed by atoms with Crippen molar-refractivity contribution in [1.82, 2.24) is 15.3 Å². The zero-order valence-electron chi connectivity index (χ0n) is 14.7. The maximum absolute atomic E-state index is 11.9. The van der Waals surface area contributed by atoms with Crippen LogP contribution in [0.2, 0.25) is 0 Å². The number of rotatable bonds is 7. The summed E-state index contributed by atoms with van der Waals surface area (Å²) in [5.41, 5.74) is 4.66. The lowest BCUT2D eigenvalue weighted by atomic mass is 10.1. The number of aromatic nitrogens is 2. The average Bonchev–Trinajstić information content (AvgIpc) is 3.04. The molecule has 25 heavy (non-hydrogen) atoms. The molecule has 1 N–H and O–H groups in total. The number of hydrogen-bond donors (Lipinski definition) is 1. The summed E-state index contributed by atoms with van der Waals surface area (Å²) in [4.78, 5) is 20.5. The molecule has 0 saturated carbocycles. The van der Waals surface area contributed by atoms with Gasteiger partial charge in [0.1, 0.15) is 12.4 Å². The number of nitrogens with zero attached hydrogens (tertiary/aromatic N) is 2. The summed E-state index contributed by atoms with van der Waals surface area (Å²) >= 11 is 1.35. The first-order chi connectivity index (χ1) is 12.1. The van der Waals surface area contributed by atoms with E-state index in [0.717, 1.165) is 23.6 Å². The van der Waals surface area contributed by atoms with Crippen LogP contribution in [0.3, 0.4) is 0 Å². The third-order valence-electron chi connectivity index (χ3n) is 4.06. The summed E-state index contributed by atoms with van der Waals surface area (Å²) in [6, 6.07) is 8.20. The third-order valence-corrected chi connectivity index (χ3v) is 4.90. The lowest BCUT2D eigenvalue weighted by molar-refractivity contribution is -0.118. The van der Waals surface area contributed by atoms with Crippen molar-refractivity contribution in [2.75, 3.05) is 18.9 Å². The zero-order chi connectivity index (χ0) is 17.6. The molecule has 1 aromatic carbocycles. The van der Waals surface area contributed by atoms with Crippen LogP contribution in [0.4, 0.5) is 0 Å². The minimum absolute atomic E-state index is 0.0367. The van der Waals surface area contributed by atoms with E-state index < -0.39 is 0 Å². The number of thioether (sulfide) groups is 1. The first-order valence-corrected chi connectivity index (χ1v) is 9.55. The van der Waals surface area contributed by atoms with Crippen molar-refractivity contribution in [3.05, 3.63) is 46.8 Å². The maximum atomic E-state index is 11.9. The van der Waals surface area contributed by atoms with E-state index in [9.17, 15) is 4.79 Å². The molecule has 0 saturated heterocycles. The molecule has 2 aromatic rings. The summed E-state index contributed by atoms with van der Waals surface area (Å²) in [6.45, 7) is 4.81. The van der Waals surface area contributed by atoms with Crippen molar-refractivity contribution in [1.29, 1.82) is 0 Å². The fraction of sp³-hybridized carbons (Fsp3) is 0.421. The van der Waals surface area contributed by atoms with Gasteiger partial charge in [-0.3, -0.25) is 4.79 Å². The van der Waals surface area contributed by atoms with E-state index in [0.29, 0.717) is 24.1 Å². The minimum Gasteiger partial charge on any atom is -0.492 e. The van der Waals surface area contributed by atoms with Crippen LogP contribution in [0.5, 0.6) is 5.75 Å². The largest absolute Gasteiger partial charge is 0.492 e. The quantitative estimate of drug-likeness (QED) is 0.469. The predicted octanol–water partition coefficient (Wildman–Crippen LogP) is 2.87. The molecular weight excluding hydrogens is 334 g/mol. The van der Waals surface area contributed by atoms with Gasteiger partial charge in [-0.25, -0.2) is 9.97 Å². The third kappa shape index (κ3) is 5.19. The molecule has 0 radical (unpaired) electrons. The second-order valence-electron chi connectivity index (χ2n) is 6.20. The molecule has 1 amide bonds. The van der Waals surface area contributed by atoms with Crippen LogP contribution in [-0.2, 0) is 17.6 Å². The maximum Gasteiger partial charge on any atom is 0.230 e. The highest BCUT2D eigenvalue weighted by molar-refractivity contribution is 7.99. The molecule has 6 heteroatoms. The monoisotopic (exact) mass is 357 g/mol. The van der Waals surface area contributed by atoms with Crippen LogP contribution in [0, 0.1) is 13.8 Å². The van der Waals surface area contributed by atoms with Crippen molar-refractivity contribution >= 4 is 17.7 Å². The van der Waals surface area contributed by atoms with Gasteiger partial charge in [0.2, 0.25) is 5.91 Å². The first kappa shape index (κ1) is 17.7. The Balaban J connectivity index is 1.36. The number of carbonyl (C=O) groups is 1. The Labute approximate surface area is 152 Å². The smallest absolute Gasteiger partial charge is 0.230 e. The van der Waals surface area contributed by atoms with Gasteiger partial charge in [0.15, 0.2) is 5.16 Å². The molecule has 0 aliphatic heterocycles. The lowest BCUT2D eigenvalue weighted by Gasteiger charge is -2.09. The fourth-order valence-corrected chi connectivity index (χ4v) is 3.72. The van der Waals surface area contributed by atoms with Crippen LogP contribution in [0.15, 0.2) is 29.4 Å². The summed E-state index contributed by atoms with van der Waals surface area (Å²) < 4.78 is 5.73. The number of ether oxygens (including phenoxy) is 1. The average molecular weight is 357 g/mol. The summed E-state index contributed by atoms with van der Waals surface area (Å²) in [5, 5.41) is 3.51. The molecule has 132 valence electrons. The highest BCUT2D eigenvalue weighted by Gasteiger charge is 2.11. The molecule has 0 unspecified atom stereocenters. The Morgan fingerprint density at radius 2 is 1.92 bits per heavy atom. The first-order valence-electron chi connectivity index (χ1n) is 8.56. The predicted molar refractivity (Wildman–Crippen MR) is 99.2 cm³/mol. The van der Waals surface area contributed by atoms with Crippen LogP contribution >= 0.6 is 11.8 Å². The van der Waals surface area contributed by atoms with Crippen LogP contribution in [-0.4, -0.2) is 34.8 Å². The molecule has 0 bridgehead atoms. The Bertz CT molecular complexity index is 744. The van der Waals surface area contributed by atoms with Gasteiger partial charge in [0.05, 0.1) is 12.3 Å². The van der Waals surface area contributed by atoms with Gasteiger partial charge in [-0.2, -0.15) is 0 Å². The Hall–Kier alpha value is -2.08. The second kappa shape index (κ2) is 8.34. The Kier molecular flexibility index (Phi) is 5.91. The van der Waals surface area contributed by atoms with Gasteiger partial charge in [-0.05, 0) is 62.4 Å². The summed E-state index contributed by atoms with van der Waals surface area (Å²) in [5.74, 6) is 1.15. The number of nitrogens with one attached hydrogen (secondary N) is 1. The molecule has 1 aromatic heterocycles. The van der Waals surface area contributed by atoms with Gasteiger partial charge >= 0.3 is 0 Å². The molecule has 3 rings (SSSR count). The van der Waals surface area contributed by atoms with Gasteiger partial charge in [0, 0.05) is 11.4 Å². The SMILES string of the molecule is Cc1cc(C)nc(SCC(=O)NCCOc2ccc3c(c2)CCC3)n1. The number of benzene rings is 1. The molecule has 0 fully saturated rings. The van der Waals surface area contributed by atoms with Crippen molar-refractivity contribution < 1.29 is 9.53 Å². The van der Waals surface area contributed by atoms with E-state index >= 15 is 0 Å². The number of carbonyl (C=O) groups excluding carboxylic acids is 1. The van der Waals surface area contributed by atoms with Crippen LogP contribution < -0.4 is 10.1 Å². The normalized spacial score (nSPS) is 12.7. The topological polar surface area (TPSA) is 64.1 Å². The molecule has 0 atom stereocenters. The number of aryl methyl sites for hydroxylation is 4. The second-order valence-corrected chi connectivity index (χ2v) is 7.15. The minimum atomic E-state index is -0.0367. The molecule has 1 heterocycles. The summed E-state index contributed by atoms with van der Waals surface area (Å²) in [7, 11) is 0. The molecular formula is C19H23N3O2S. The summed E-state index contributed by atoms with van der Waals surface area (Å²) in [6.07, 6.45) is 3.55. The Morgan fingerprint density at radius 1 is 1.16 bits per heavy atom. The molecule has 1 aliphatic carbocycles. The Morgan fingerprint density at radius 3 is 2.72 bits per heavy atom. The van der Waals surface area contributed by atoms with E-state index in [1.54, 1.807) is 0 Å². The van der Waals surface area contributed by atoms with Gasteiger partial charge in [-0.1, -0.05) is 17.8 Å². The lowest BCUT2D eigenvalue weighted by Crippen LogP contribution is -2.29. The van der Waals surface area contributed by atoms with Crippen LogP contribution in [0.1, 0.15) is 28.9 Å². The number of fused-ring (bicyclic) bond motifs is 1. The molecule has 1 aliphatic rings. The zero-order valence-corrected chi connectivity index (χ0v) is 15.5. The highest BCUT2D eigenvalue weighted by atomic mass is 32.2.